The standard InChI is InChI=1S/C20H19N5O4S/c1-29-12-4-11-23-18(26)16-5-2-3-6-17(16)24-19(23)21-22-20(24)30-13-14-7-9-15(10-8-14)25(27)28/h2-3,5-10H,4,11-13H2,1H3. The quantitative estimate of drug-likeness (QED) is 0.185. The van der Waals surface area contributed by atoms with Gasteiger partial charge in [0.25, 0.3) is 11.2 Å². The molecule has 0 amide bonds. The van der Waals surface area contributed by atoms with Gasteiger partial charge in [-0.1, -0.05) is 36.0 Å². The number of fused-ring (bicyclic) bond motifs is 3. The second-order valence-electron chi connectivity index (χ2n) is 6.65. The van der Waals surface area contributed by atoms with Crippen molar-refractivity contribution < 1.29 is 9.66 Å². The Morgan fingerprint density at radius 1 is 1.13 bits per heavy atom. The summed E-state index contributed by atoms with van der Waals surface area (Å²) in [6, 6.07) is 13.8. The summed E-state index contributed by atoms with van der Waals surface area (Å²) in [4.78, 5) is 23.4. The summed E-state index contributed by atoms with van der Waals surface area (Å²) in [6.45, 7) is 1.02. The van der Waals surface area contributed by atoms with Crippen molar-refractivity contribution >= 4 is 34.1 Å². The molecule has 0 N–H and O–H groups in total. The molecule has 0 aliphatic carbocycles. The molecule has 0 spiro atoms. The highest BCUT2D eigenvalue weighted by Gasteiger charge is 2.16. The molecule has 10 heteroatoms. The normalized spacial score (nSPS) is 11.4. The third-order valence-corrected chi connectivity index (χ3v) is 5.72. The zero-order valence-electron chi connectivity index (χ0n) is 16.2. The van der Waals surface area contributed by atoms with Crippen LogP contribution >= 0.6 is 11.8 Å². The van der Waals surface area contributed by atoms with E-state index in [1.54, 1.807) is 29.9 Å². The zero-order valence-corrected chi connectivity index (χ0v) is 17.0. The molecule has 0 aliphatic rings. The number of nitrogens with zero attached hydrogens (tertiary/aromatic N) is 5. The number of aryl methyl sites for hydroxylation is 1. The molecule has 0 atom stereocenters. The molecule has 4 aromatic rings. The molecule has 0 unspecified atom stereocenters. The predicted octanol–water partition coefficient (Wildman–Crippen LogP) is 3.28. The number of rotatable bonds is 8. The van der Waals surface area contributed by atoms with Crippen molar-refractivity contribution in [2.45, 2.75) is 23.9 Å². The fourth-order valence-corrected chi connectivity index (χ4v) is 4.15. The maximum absolute atomic E-state index is 13.0. The van der Waals surface area contributed by atoms with Crippen LogP contribution in [0, 0.1) is 10.1 Å². The molecule has 2 aromatic heterocycles. The number of para-hydroxylation sites is 1. The first-order valence-electron chi connectivity index (χ1n) is 9.32. The Kier molecular flexibility index (Phi) is 5.77. The fraction of sp³-hybridized carbons (Fsp3) is 0.250. The SMILES string of the molecule is COCCCn1c(=O)c2ccccc2n2c(SCc3ccc([N+](=O)[O-])cc3)nnc12. The summed E-state index contributed by atoms with van der Waals surface area (Å²) in [5.41, 5.74) is 1.63. The van der Waals surface area contributed by atoms with Crippen molar-refractivity contribution in [2.24, 2.45) is 0 Å². The molecule has 0 radical (unpaired) electrons. The van der Waals surface area contributed by atoms with Crippen molar-refractivity contribution in [3.05, 3.63) is 74.6 Å². The van der Waals surface area contributed by atoms with E-state index in [-0.39, 0.29) is 11.2 Å². The van der Waals surface area contributed by atoms with Crippen LogP contribution in [0.25, 0.3) is 16.7 Å². The average molecular weight is 425 g/mol. The predicted molar refractivity (Wildman–Crippen MR) is 114 cm³/mol. The van der Waals surface area contributed by atoms with Crippen LogP contribution in [0.3, 0.4) is 0 Å². The number of hydrogen-bond acceptors (Lipinski definition) is 7. The van der Waals surface area contributed by atoms with Gasteiger partial charge in [0.2, 0.25) is 5.78 Å². The van der Waals surface area contributed by atoms with Crippen molar-refractivity contribution in [2.75, 3.05) is 13.7 Å². The Balaban J connectivity index is 1.72. The summed E-state index contributed by atoms with van der Waals surface area (Å²) in [6.07, 6.45) is 0.683. The van der Waals surface area contributed by atoms with Crippen LogP contribution < -0.4 is 5.56 Å². The van der Waals surface area contributed by atoms with E-state index in [4.69, 9.17) is 4.74 Å². The largest absolute Gasteiger partial charge is 0.385 e. The molecule has 2 aromatic carbocycles. The molecule has 30 heavy (non-hydrogen) atoms. The molecular formula is C20H19N5O4S. The highest BCUT2D eigenvalue weighted by Crippen LogP contribution is 2.25. The number of hydrogen-bond donors (Lipinski definition) is 0. The van der Waals surface area contributed by atoms with E-state index in [0.29, 0.717) is 41.6 Å². The number of methoxy groups -OCH3 is 1. The fourth-order valence-electron chi connectivity index (χ4n) is 3.26. The Bertz CT molecular complexity index is 1270. The summed E-state index contributed by atoms with van der Waals surface area (Å²) in [5.74, 6) is 1.05. The smallest absolute Gasteiger partial charge is 0.269 e. The zero-order chi connectivity index (χ0) is 21.1. The first-order chi connectivity index (χ1) is 14.6. The van der Waals surface area contributed by atoms with Gasteiger partial charge in [-0.2, -0.15) is 0 Å². The van der Waals surface area contributed by atoms with Gasteiger partial charge in [-0.15, -0.1) is 10.2 Å². The molecule has 0 bridgehead atoms. The van der Waals surface area contributed by atoms with E-state index < -0.39 is 4.92 Å². The van der Waals surface area contributed by atoms with Gasteiger partial charge in [0.05, 0.1) is 15.8 Å². The van der Waals surface area contributed by atoms with Crippen LogP contribution in [-0.2, 0) is 17.0 Å². The van der Waals surface area contributed by atoms with Gasteiger partial charge in [-0.3, -0.25) is 23.9 Å². The Hall–Kier alpha value is -3.24. The lowest BCUT2D eigenvalue weighted by atomic mass is 10.2. The number of benzene rings is 2. The summed E-state index contributed by atoms with van der Waals surface area (Å²) < 4.78 is 8.63. The van der Waals surface area contributed by atoms with Gasteiger partial charge >= 0.3 is 0 Å². The van der Waals surface area contributed by atoms with Crippen molar-refractivity contribution in [3.8, 4) is 0 Å². The average Bonchev–Trinajstić information content (AvgIpc) is 3.19. The minimum atomic E-state index is -0.419. The van der Waals surface area contributed by atoms with Crippen LogP contribution in [0.15, 0.2) is 58.5 Å². The molecule has 9 nitrogen and oxygen atoms in total. The van der Waals surface area contributed by atoms with E-state index in [9.17, 15) is 14.9 Å². The van der Waals surface area contributed by atoms with Crippen LogP contribution in [-0.4, -0.2) is 37.8 Å². The maximum atomic E-state index is 13.0. The van der Waals surface area contributed by atoms with Gasteiger partial charge in [-0.05, 0) is 24.1 Å². The minimum Gasteiger partial charge on any atom is -0.385 e. The van der Waals surface area contributed by atoms with E-state index in [1.165, 1.54) is 23.9 Å². The maximum Gasteiger partial charge on any atom is 0.269 e. The second-order valence-corrected chi connectivity index (χ2v) is 7.59. The third-order valence-electron chi connectivity index (χ3n) is 4.72. The van der Waals surface area contributed by atoms with E-state index in [1.807, 2.05) is 22.6 Å². The van der Waals surface area contributed by atoms with Gasteiger partial charge in [0, 0.05) is 38.1 Å². The lowest BCUT2D eigenvalue weighted by molar-refractivity contribution is -0.384. The molecule has 0 aliphatic heterocycles. The first-order valence-corrected chi connectivity index (χ1v) is 10.3. The molecule has 154 valence electrons. The number of non-ortho nitro benzene ring substituents is 1. The summed E-state index contributed by atoms with van der Waals surface area (Å²) in [7, 11) is 1.63. The van der Waals surface area contributed by atoms with Gasteiger partial charge < -0.3 is 4.74 Å². The van der Waals surface area contributed by atoms with Gasteiger partial charge in [0.15, 0.2) is 5.16 Å². The highest BCUT2D eigenvalue weighted by atomic mass is 32.2. The van der Waals surface area contributed by atoms with Crippen molar-refractivity contribution in [1.29, 1.82) is 0 Å². The van der Waals surface area contributed by atoms with Crippen molar-refractivity contribution in [1.82, 2.24) is 19.2 Å². The lowest BCUT2D eigenvalue weighted by Crippen LogP contribution is -2.24. The summed E-state index contributed by atoms with van der Waals surface area (Å²) >= 11 is 1.46. The number of ether oxygens (including phenoxy) is 1. The molecule has 2 heterocycles. The van der Waals surface area contributed by atoms with Crippen LogP contribution in [0.5, 0.6) is 0 Å². The van der Waals surface area contributed by atoms with Gasteiger partial charge in [-0.25, -0.2) is 0 Å². The number of nitro benzene ring substituents is 1. The van der Waals surface area contributed by atoms with Crippen LogP contribution in [0.1, 0.15) is 12.0 Å². The first kappa shape index (κ1) is 20.0. The van der Waals surface area contributed by atoms with E-state index in [2.05, 4.69) is 10.2 Å². The monoisotopic (exact) mass is 425 g/mol. The topological polar surface area (TPSA) is 105 Å². The number of aromatic nitrogens is 4. The molecule has 4 rings (SSSR count). The molecule has 0 fully saturated rings. The highest BCUT2D eigenvalue weighted by molar-refractivity contribution is 7.98. The van der Waals surface area contributed by atoms with E-state index >= 15 is 0 Å². The summed E-state index contributed by atoms with van der Waals surface area (Å²) in [5, 5.41) is 20.7. The minimum absolute atomic E-state index is 0.0581. The Labute approximate surface area is 175 Å². The Morgan fingerprint density at radius 2 is 1.90 bits per heavy atom. The van der Waals surface area contributed by atoms with Crippen molar-refractivity contribution in [3.63, 3.8) is 0 Å². The third kappa shape index (κ3) is 3.79. The number of thioether (sulfide) groups is 1. The second kappa shape index (κ2) is 8.64. The number of nitro groups is 1. The molecular weight excluding hydrogens is 406 g/mol. The van der Waals surface area contributed by atoms with E-state index in [0.717, 1.165) is 11.1 Å². The van der Waals surface area contributed by atoms with Gasteiger partial charge in [0.1, 0.15) is 0 Å². The molecule has 0 saturated heterocycles. The van der Waals surface area contributed by atoms with Crippen LogP contribution in [0.4, 0.5) is 5.69 Å². The van der Waals surface area contributed by atoms with Crippen LogP contribution in [0.2, 0.25) is 0 Å². The molecule has 0 saturated carbocycles. The Morgan fingerprint density at radius 3 is 2.63 bits per heavy atom. The lowest BCUT2D eigenvalue weighted by Gasteiger charge is -2.11.